The molecule has 27 heavy (non-hydrogen) atoms. The minimum Gasteiger partial charge on any atom is -0.481 e. The maximum Gasteiger partial charge on any atom is 0.308 e. The summed E-state index contributed by atoms with van der Waals surface area (Å²) in [6, 6.07) is 7.10. The lowest BCUT2D eigenvalue weighted by atomic mass is 9.98. The molecular weight excluding hydrogens is 366 g/mol. The third-order valence-corrected chi connectivity index (χ3v) is 5.84. The number of nitrogens with zero attached hydrogens (tertiary/aromatic N) is 1. The Labute approximate surface area is 162 Å². The number of carboxylic acids is 1. The van der Waals surface area contributed by atoms with Crippen molar-refractivity contribution in [3.63, 3.8) is 0 Å². The van der Waals surface area contributed by atoms with Gasteiger partial charge in [0.25, 0.3) is 5.91 Å². The fourth-order valence-electron chi connectivity index (χ4n) is 3.56. The van der Waals surface area contributed by atoms with E-state index in [1.54, 1.807) is 17.0 Å². The molecule has 3 rings (SSSR count). The van der Waals surface area contributed by atoms with Crippen LogP contribution in [0.3, 0.4) is 0 Å². The van der Waals surface area contributed by atoms with E-state index in [0.29, 0.717) is 18.7 Å². The third kappa shape index (κ3) is 4.09. The number of carboxylic acid groups (broad SMARTS) is 1. The molecule has 1 aromatic carbocycles. The number of hydrogen-bond donors (Lipinski definition) is 1. The molecule has 0 unspecified atom stereocenters. The summed E-state index contributed by atoms with van der Waals surface area (Å²) in [7, 11) is 0. The number of aliphatic carboxylic acids is 1. The molecule has 2 heterocycles. The third-order valence-electron chi connectivity index (χ3n) is 4.91. The maximum absolute atomic E-state index is 13.2. The second-order valence-corrected chi connectivity index (χ2v) is 7.76. The number of amides is 1. The second-order valence-electron chi connectivity index (χ2n) is 6.84. The first-order valence-electron chi connectivity index (χ1n) is 8.94. The van der Waals surface area contributed by atoms with E-state index in [4.69, 9.17) is 4.74 Å². The minimum absolute atomic E-state index is 0.0662. The normalized spacial score (nSPS) is 22.6. The highest BCUT2D eigenvalue weighted by atomic mass is 32.2. The van der Waals surface area contributed by atoms with Gasteiger partial charge in [-0.3, -0.25) is 14.4 Å². The molecule has 0 radical (unpaired) electrons. The molecule has 1 amide bonds. The number of aryl methyl sites for hydroxylation is 1. The lowest BCUT2D eigenvalue weighted by Crippen LogP contribution is -2.40. The number of rotatable bonds is 7. The summed E-state index contributed by atoms with van der Waals surface area (Å²) in [4.78, 5) is 39.1. The molecule has 7 heteroatoms. The lowest BCUT2D eigenvalue weighted by Gasteiger charge is -2.27. The van der Waals surface area contributed by atoms with Gasteiger partial charge in [0.1, 0.15) is 5.37 Å². The predicted octanol–water partition coefficient (Wildman–Crippen LogP) is 2.66. The molecule has 1 aromatic rings. The largest absolute Gasteiger partial charge is 0.481 e. The zero-order chi connectivity index (χ0) is 19.6. The van der Waals surface area contributed by atoms with Crippen molar-refractivity contribution in [3.05, 3.63) is 46.5 Å². The van der Waals surface area contributed by atoms with Gasteiger partial charge in [0.15, 0.2) is 5.78 Å². The average molecular weight is 389 g/mol. The molecule has 0 aliphatic carbocycles. The van der Waals surface area contributed by atoms with E-state index in [-0.39, 0.29) is 28.9 Å². The Morgan fingerprint density at radius 2 is 2.00 bits per heavy atom. The first kappa shape index (κ1) is 19.6. The van der Waals surface area contributed by atoms with Crippen LogP contribution < -0.4 is 0 Å². The fraction of sp³-hybridized carbons (Fsp3) is 0.450. The van der Waals surface area contributed by atoms with Crippen LogP contribution in [0.5, 0.6) is 0 Å². The van der Waals surface area contributed by atoms with Crippen molar-refractivity contribution in [2.75, 3.05) is 19.4 Å². The Hall–Kier alpha value is -2.12. The van der Waals surface area contributed by atoms with Gasteiger partial charge in [-0.15, -0.1) is 11.8 Å². The van der Waals surface area contributed by atoms with E-state index in [1.165, 1.54) is 11.8 Å². The molecule has 1 N–H and O–H groups in total. The molecule has 0 saturated carbocycles. The van der Waals surface area contributed by atoms with E-state index < -0.39 is 17.8 Å². The zero-order valence-corrected chi connectivity index (χ0v) is 16.3. The summed E-state index contributed by atoms with van der Waals surface area (Å²) in [5.74, 6) is -1.78. The van der Waals surface area contributed by atoms with E-state index in [0.717, 1.165) is 18.4 Å². The van der Waals surface area contributed by atoms with E-state index in [9.17, 15) is 19.5 Å². The molecule has 2 atom stereocenters. The number of ether oxygens (including phenoxy) is 1. The fourth-order valence-corrected chi connectivity index (χ4v) is 4.48. The van der Waals surface area contributed by atoms with Gasteiger partial charge in [-0.1, -0.05) is 29.8 Å². The highest BCUT2D eigenvalue weighted by Gasteiger charge is 2.43. The molecule has 2 aliphatic heterocycles. The van der Waals surface area contributed by atoms with Crippen LogP contribution in [0.1, 0.15) is 35.2 Å². The SMILES string of the molecule is CS[C@H]1C(C(=O)c2ccc(C)cc2)=C(CC(=O)O)C(=O)N1C[C@H]1CCCO1. The molecule has 0 bridgehead atoms. The van der Waals surface area contributed by atoms with Gasteiger partial charge in [0.2, 0.25) is 0 Å². The topological polar surface area (TPSA) is 83.9 Å². The molecule has 144 valence electrons. The van der Waals surface area contributed by atoms with Crippen molar-refractivity contribution < 1.29 is 24.2 Å². The number of benzene rings is 1. The summed E-state index contributed by atoms with van der Waals surface area (Å²) >= 11 is 1.37. The Morgan fingerprint density at radius 1 is 1.30 bits per heavy atom. The van der Waals surface area contributed by atoms with Crippen molar-refractivity contribution in [1.29, 1.82) is 0 Å². The summed E-state index contributed by atoms with van der Waals surface area (Å²) in [5.41, 5.74) is 1.86. The number of carbonyl (C=O) groups excluding carboxylic acids is 2. The van der Waals surface area contributed by atoms with Crippen LogP contribution >= 0.6 is 11.8 Å². The van der Waals surface area contributed by atoms with Gasteiger partial charge in [-0.05, 0) is 26.0 Å². The molecule has 1 saturated heterocycles. The monoisotopic (exact) mass is 389 g/mol. The van der Waals surface area contributed by atoms with Gasteiger partial charge in [-0.25, -0.2) is 0 Å². The highest BCUT2D eigenvalue weighted by molar-refractivity contribution is 7.99. The van der Waals surface area contributed by atoms with Gasteiger partial charge < -0.3 is 14.7 Å². The first-order chi connectivity index (χ1) is 12.9. The lowest BCUT2D eigenvalue weighted by molar-refractivity contribution is -0.137. The average Bonchev–Trinajstić information content (AvgIpc) is 3.23. The maximum atomic E-state index is 13.2. The standard InChI is InChI=1S/C20H23NO5S/c1-12-5-7-13(8-6-12)18(24)17-15(10-16(22)23)19(25)21(20(17)27-2)11-14-4-3-9-26-14/h5-8,14,20H,3-4,9-11H2,1-2H3,(H,22,23)/t14-,20+/m1/s1. The van der Waals surface area contributed by atoms with Crippen LogP contribution in [0, 0.1) is 6.92 Å². The van der Waals surface area contributed by atoms with Crippen molar-refractivity contribution >= 4 is 29.4 Å². The minimum atomic E-state index is -1.12. The summed E-state index contributed by atoms with van der Waals surface area (Å²) in [5, 5.41) is 8.78. The molecule has 1 fully saturated rings. The highest BCUT2D eigenvalue weighted by Crippen LogP contribution is 2.36. The summed E-state index contributed by atoms with van der Waals surface area (Å²) in [6.45, 7) is 2.97. The molecule has 6 nitrogen and oxygen atoms in total. The smallest absolute Gasteiger partial charge is 0.308 e. The van der Waals surface area contributed by atoms with E-state index in [1.807, 2.05) is 25.3 Å². The van der Waals surface area contributed by atoms with E-state index in [2.05, 4.69) is 0 Å². The van der Waals surface area contributed by atoms with E-state index >= 15 is 0 Å². The van der Waals surface area contributed by atoms with Crippen molar-refractivity contribution in [1.82, 2.24) is 4.90 Å². The predicted molar refractivity (Wildman–Crippen MR) is 103 cm³/mol. The van der Waals surface area contributed by atoms with Gasteiger partial charge in [0, 0.05) is 29.9 Å². The molecule has 0 spiro atoms. The summed E-state index contributed by atoms with van der Waals surface area (Å²) < 4.78 is 5.64. The van der Waals surface area contributed by atoms with Gasteiger partial charge in [0.05, 0.1) is 12.5 Å². The van der Waals surface area contributed by atoms with Gasteiger partial charge >= 0.3 is 5.97 Å². The Balaban J connectivity index is 1.97. The van der Waals surface area contributed by atoms with Crippen LogP contribution in [0.4, 0.5) is 0 Å². The molecule has 2 aliphatic rings. The van der Waals surface area contributed by atoms with Crippen LogP contribution in [0.2, 0.25) is 0 Å². The van der Waals surface area contributed by atoms with Crippen LogP contribution in [0.25, 0.3) is 0 Å². The summed E-state index contributed by atoms with van der Waals surface area (Å²) in [6.07, 6.45) is 3.11. The van der Waals surface area contributed by atoms with Crippen molar-refractivity contribution in [2.24, 2.45) is 0 Å². The Kier molecular flexibility index (Phi) is 6.01. The van der Waals surface area contributed by atoms with Crippen molar-refractivity contribution in [3.8, 4) is 0 Å². The Morgan fingerprint density at radius 3 is 2.56 bits per heavy atom. The van der Waals surface area contributed by atoms with Crippen molar-refractivity contribution in [2.45, 2.75) is 37.7 Å². The Bertz CT molecular complexity index is 780. The number of carbonyl (C=O) groups is 3. The number of Topliss-reactive ketones (excluding diaryl/α,β-unsaturated/α-hetero) is 1. The van der Waals surface area contributed by atoms with Crippen LogP contribution in [-0.2, 0) is 14.3 Å². The quantitative estimate of drug-likeness (QED) is 0.722. The van der Waals surface area contributed by atoms with Gasteiger partial charge in [-0.2, -0.15) is 0 Å². The zero-order valence-electron chi connectivity index (χ0n) is 15.4. The first-order valence-corrected chi connectivity index (χ1v) is 10.2. The second kappa shape index (κ2) is 8.27. The molecular formula is C20H23NO5S. The number of ketones is 1. The number of thioether (sulfide) groups is 1. The van der Waals surface area contributed by atoms with Crippen LogP contribution in [-0.4, -0.2) is 58.6 Å². The van der Waals surface area contributed by atoms with Crippen LogP contribution in [0.15, 0.2) is 35.4 Å². The number of hydrogen-bond acceptors (Lipinski definition) is 5. The molecule has 0 aromatic heterocycles.